The maximum absolute atomic E-state index is 12.8. The molecule has 114 valence electrons. The van der Waals surface area contributed by atoms with Crippen LogP contribution in [-0.2, 0) is 10.0 Å². The second kappa shape index (κ2) is 5.46. The topological polar surface area (TPSA) is 61.2 Å². The number of rotatable bonds is 4. The van der Waals surface area contributed by atoms with E-state index in [0.29, 0.717) is 23.4 Å². The lowest BCUT2D eigenvalue weighted by molar-refractivity contribution is 0.328. The van der Waals surface area contributed by atoms with Crippen LogP contribution in [0, 0.1) is 6.92 Å². The van der Waals surface area contributed by atoms with E-state index in [1.807, 2.05) is 19.9 Å². The number of benzene rings is 2. The zero-order chi connectivity index (χ0) is 15.7. The summed E-state index contributed by atoms with van der Waals surface area (Å²) in [5, 5.41) is 4.84. The molecule has 6 heteroatoms. The fourth-order valence-electron chi connectivity index (χ4n) is 2.25. The Morgan fingerprint density at radius 3 is 2.45 bits per heavy atom. The van der Waals surface area contributed by atoms with E-state index in [1.165, 1.54) is 0 Å². The molecule has 0 amide bonds. The summed E-state index contributed by atoms with van der Waals surface area (Å²) in [6, 6.07) is 13.8. The van der Waals surface area contributed by atoms with Gasteiger partial charge in [0.2, 0.25) is 5.88 Å². The number of para-hydroxylation sites is 1. The molecule has 3 rings (SSSR count). The van der Waals surface area contributed by atoms with Gasteiger partial charge in [-0.05, 0) is 38.1 Å². The van der Waals surface area contributed by atoms with Gasteiger partial charge in [0.15, 0.2) is 0 Å². The Morgan fingerprint density at radius 1 is 1.09 bits per heavy atom. The Labute approximate surface area is 129 Å². The quantitative estimate of drug-likeness (QED) is 0.742. The summed E-state index contributed by atoms with van der Waals surface area (Å²) in [5.41, 5.74) is 1.51. The molecule has 5 nitrogen and oxygen atoms in total. The molecule has 0 atom stereocenters. The summed E-state index contributed by atoms with van der Waals surface area (Å²) in [6.45, 7) is 4.17. The highest BCUT2D eigenvalue weighted by molar-refractivity contribution is 7.90. The van der Waals surface area contributed by atoms with Crippen molar-refractivity contribution in [3.63, 3.8) is 0 Å². The number of nitrogens with zero attached hydrogens (tertiary/aromatic N) is 2. The van der Waals surface area contributed by atoms with Gasteiger partial charge in [-0.3, -0.25) is 0 Å². The van der Waals surface area contributed by atoms with Crippen LogP contribution in [0.15, 0.2) is 53.4 Å². The Bertz CT molecular complexity index is 912. The highest BCUT2D eigenvalue weighted by Crippen LogP contribution is 2.28. The van der Waals surface area contributed by atoms with Crippen molar-refractivity contribution in [1.29, 1.82) is 0 Å². The minimum Gasteiger partial charge on any atom is -0.476 e. The maximum Gasteiger partial charge on any atom is 0.283 e. The van der Waals surface area contributed by atoms with Crippen LogP contribution in [0.1, 0.15) is 12.5 Å². The molecule has 0 fully saturated rings. The Balaban J connectivity index is 2.23. The molecule has 22 heavy (non-hydrogen) atoms. The van der Waals surface area contributed by atoms with Crippen LogP contribution in [0.3, 0.4) is 0 Å². The number of fused-ring (bicyclic) bond motifs is 1. The Morgan fingerprint density at radius 2 is 1.77 bits per heavy atom. The van der Waals surface area contributed by atoms with Gasteiger partial charge in [0.05, 0.1) is 22.4 Å². The molecule has 0 unspecified atom stereocenters. The molecule has 1 aromatic heterocycles. The zero-order valence-corrected chi connectivity index (χ0v) is 13.2. The minimum absolute atomic E-state index is 0.203. The average molecular weight is 316 g/mol. The van der Waals surface area contributed by atoms with Gasteiger partial charge in [0.25, 0.3) is 10.0 Å². The van der Waals surface area contributed by atoms with E-state index in [2.05, 4.69) is 5.10 Å². The number of aryl methyl sites for hydroxylation is 1. The lowest BCUT2D eigenvalue weighted by Crippen LogP contribution is -2.14. The third-order valence-corrected chi connectivity index (χ3v) is 4.95. The standard InChI is InChI=1S/C16H16N2O3S/c1-3-21-16-14-6-4-5-7-15(14)18(17-16)22(19,20)13-10-8-12(2)9-11-13/h4-11H,3H2,1-2H3. The van der Waals surface area contributed by atoms with Crippen LogP contribution < -0.4 is 4.74 Å². The highest BCUT2D eigenvalue weighted by atomic mass is 32.2. The maximum atomic E-state index is 12.8. The van der Waals surface area contributed by atoms with Crippen LogP contribution in [0.4, 0.5) is 0 Å². The molecule has 0 saturated carbocycles. The van der Waals surface area contributed by atoms with Crippen molar-refractivity contribution in [2.75, 3.05) is 6.61 Å². The highest BCUT2D eigenvalue weighted by Gasteiger charge is 2.23. The molecule has 0 bridgehead atoms. The molecule has 0 radical (unpaired) electrons. The lowest BCUT2D eigenvalue weighted by Gasteiger charge is -2.05. The van der Waals surface area contributed by atoms with Crippen LogP contribution in [0.5, 0.6) is 5.88 Å². The second-order valence-electron chi connectivity index (χ2n) is 4.92. The van der Waals surface area contributed by atoms with Crippen molar-refractivity contribution >= 4 is 20.9 Å². The number of hydrogen-bond acceptors (Lipinski definition) is 4. The minimum atomic E-state index is -3.75. The average Bonchev–Trinajstić information content (AvgIpc) is 2.88. The van der Waals surface area contributed by atoms with E-state index in [4.69, 9.17) is 4.74 Å². The number of ether oxygens (including phenoxy) is 1. The molecule has 3 aromatic rings. The van der Waals surface area contributed by atoms with Gasteiger partial charge in [-0.1, -0.05) is 29.8 Å². The van der Waals surface area contributed by atoms with E-state index in [-0.39, 0.29) is 4.90 Å². The van der Waals surface area contributed by atoms with Gasteiger partial charge < -0.3 is 4.74 Å². The van der Waals surface area contributed by atoms with Crippen molar-refractivity contribution in [2.45, 2.75) is 18.7 Å². The van der Waals surface area contributed by atoms with Crippen LogP contribution in [0.25, 0.3) is 10.9 Å². The molecule has 0 aliphatic heterocycles. The van der Waals surface area contributed by atoms with Crippen LogP contribution in [-0.4, -0.2) is 24.2 Å². The largest absolute Gasteiger partial charge is 0.476 e. The van der Waals surface area contributed by atoms with Crippen molar-refractivity contribution in [3.8, 4) is 5.88 Å². The number of hydrogen-bond donors (Lipinski definition) is 0. The first kappa shape index (κ1) is 14.6. The zero-order valence-electron chi connectivity index (χ0n) is 12.4. The van der Waals surface area contributed by atoms with Crippen LogP contribution in [0.2, 0.25) is 0 Å². The molecule has 0 N–H and O–H groups in total. The van der Waals surface area contributed by atoms with E-state index >= 15 is 0 Å². The van der Waals surface area contributed by atoms with E-state index in [9.17, 15) is 8.42 Å². The summed E-state index contributed by atoms with van der Waals surface area (Å²) in [7, 11) is -3.75. The summed E-state index contributed by atoms with van der Waals surface area (Å²) < 4.78 is 32.1. The summed E-state index contributed by atoms with van der Waals surface area (Å²) >= 11 is 0. The van der Waals surface area contributed by atoms with Crippen LogP contribution >= 0.6 is 0 Å². The van der Waals surface area contributed by atoms with Gasteiger partial charge in [-0.25, -0.2) is 0 Å². The fraction of sp³-hybridized carbons (Fsp3) is 0.188. The van der Waals surface area contributed by atoms with Gasteiger partial charge in [0, 0.05) is 0 Å². The first-order valence-electron chi connectivity index (χ1n) is 6.97. The first-order chi connectivity index (χ1) is 10.5. The monoisotopic (exact) mass is 316 g/mol. The molecule has 2 aromatic carbocycles. The van der Waals surface area contributed by atoms with E-state index in [0.717, 1.165) is 9.65 Å². The normalized spacial score (nSPS) is 11.7. The predicted molar refractivity (Wildman–Crippen MR) is 84.7 cm³/mol. The Hall–Kier alpha value is -2.34. The molecule has 0 aliphatic rings. The van der Waals surface area contributed by atoms with Gasteiger partial charge >= 0.3 is 0 Å². The van der Waals surface area contributed by atoms with Crippen molar-refractivity contribution in [1.82, 2.24) is 9.19 Å². The smallest absolute Gasteiger partial charge is 0.283 e. The second-order valence-corrected chi connectivity index (χ2v) is 6.68. The van der Waals surface area contributed by atoms with Crippen molar-refractivity contribution in [3.05, 3.63) is 54.1 Å². The third kappa shape index (κ3) is 2.35. The van der Waals surface area contributed by atoms with Gasteiger partial charge in [-0.15, -0.1) is 9.19 Å². The lowest BCUT2D eigenvalue weighted by atomic mass is 10.2. The SMILES string of the molecule is CCOc1nn(S(=O)(=O)c2ccc(C)cc2)c2ccccc12. The molecule has 0 saturated heterocycles. The summed E-state index contributed by atoms with van der Waals surface area (Å²) in [5.74, 6) is 0.328. The third-order valence-electron chi connectivity index (χ3n) is 3.35. The van der Waals surface area contributed by atoms with Gasteiger partial charge in [0.1, 0.15) is 0 Å². The summed E-state index contributed by atoms with van der Waals surface area (Å²) in [6.07, 6.45) is 0. The first-order valence-corrected chi connectivity index (χ1v) is 8.41. The van der Waals surface area contributed by atoms with Gasteiger partial charge in [-0.2, -0.15) is 8.42 Å². The molecule has 0 aliphatic carbocycles. The van der Waals surface area contributed by atoms with E-state index < -0.39 is 10.0 Å². The molecule has 1 heterocycles. The fourth-order valence-corrected chi connectivity index (χ4v) is 3.53. The van der Waals surface area contributed by atoms with Crippen molar-refractivity contribution < 1.29 is 13.2 Å². The van der Waals surface area contributed by atoms with E-state index in [1.54, 1.807) is 42.5 Å². The molecular weight excluding hydrogens is 300 g/mol. The molecule has 0 spiro atoms. The summed E-state index contributed by atoms with van der Waals surface area (Å²) in [4.78, 5) is 0.203. The Kier molecular flexibility index (Phi) is 3.62. The molecular formula is C16H16N2O3S. The number of aromatic nitrogens is 2. The van der Waals surface area contributed by atoms with Crippen molar-refractivity contribution in [2.24, 2.45) is 0 Å². The predicted octanol–water partition coefficient (Wildman–Crippen LogP) is 2.98.